The molecule has 6 atom stereocenters. The molecule has 2 aliphatic carbocycles. The van der Waals surface area contributed by atoms with Crippen molar-refractivity contribution in [1.82, 2.24) is 5.32 Å². The first-order chi connectivity index (χ1) is 29.7. The lowest BCUT2D eigenvalue weighted by atomic mass is 9.89. The fourth-order valence-corrected chi connectivity index (χ4v) is 10.9. The van der Waals surface area contributed by atoms with Crippen LogP contribution in [0.5, 0.6) is 17.2 Å². The highest BCUT2D eigenvalue weighted by molar-refractivity contribution is 7.86. The van der Waals surface area contributed by atoms with Crippen molar-refractivity contribution in [2.45, 2.75) is 114 Å². The third kappa shape index (κ3) is 12.2. The minimum Gasteiger partial charge on any atom is -0.497 e. The van der Waals surface area contributed by atoms with Crippen LogP contribution >= 0.6 is 11.6 Å². The number of benzene rings is 2. The molecule has 0 saturated heterocycles. The Balaban J connectivity index is 1.81. The number of alkyl carbamates (subject to hydrolysis) is 1. The second-order valence-corrected chi connectivity index (χ2v) is 22.9. The molecule has 1 amide bonds. The molecule has 0 saturated carbocycles. The normalized spacial score (nSPS) is 24.6. The van der Waals surface area contributed by atoms with E-state index in [9.17, 15) is 23.1 Å². The molecule has 4 aliphatic rings. The Bertz CT molecular complexity index is 2280. The SMILES string of the molecule is CC[Si](CC)(CC)O[C@]12C=CC=C1C#C[C@]1(O)[C@@H](OS(C)(=O)=O)C#C[C@H]2Oc2c(Cl)cc(cc2OCOC)[C@@H](NC(=O)OC(C)(C)C)CC(=O)OC[C@@H]1OCc1ccc(OC)cc1. The first kappa shape index (κ1) is 49.5. The Morgan fingerprint density at radius 1 is 1.08 bits per heavy atom. The molecule has 2 aliphatic heterocycles. The van der Waals surface area contributed by atoms with Gasteiger partial charge in [0.15, 0.2) is 50.0 Å². The van der Waals surface area contributed by atoms with Gasteiger partial charge in [0.05, 0.1) is 37.5 Å². The number of esters is 1. The number of fused-ring (bicyclic) bond motifs is 8. The molecule has 15 nitrogen and oxygen atoms in total. The number of rotatable bonds is 15. The zero-order valence-electron chi connectivity index (χ0n) is 37.0. The van der Waals surface area contributed by atoms with Crippen LogP contribution in [0.25, 0.3) is 0 Å². The number of methoxy groups -OCH3 is 2. The van der Waals surface area contributed by atoms with Crippen LogP contribution in [0.1, 0.15) is 65.1 Å². The topological polar surface area (TPSA) is 184 Å². The molecule has 6 rings (SSSR count). The summed E-state index contributed by atoms with van der Waals surface area (Å²) in [7, 11) is -4.07. The van der Waals surface area contributed by atoms with Crippen LogP contribution in [0.3, 0.4) is 0 Å². The summed E-state index contributed by atoms with van der Waals surface area (Å²) in [4.78, 5) is 27.2. The quantitative estimate of drug-likeness (QED) is 0.0646. The number of halogens is 1. The molecule has 342 valence electrons. The maximum atomic E-state index is 13.9. The average molecular weight is 931 g/mol. The first-order valence-corrected chi connectivity index (χ1v) is 25.2. The van der Waals surface area contributed by atoms with E-state index in [4.69, 9.17) is 53.4 Å². The van der Waals surface area contributed by atoms with Gasteiger partial charge >= 0.3 is 12.1 Å². The van der Waals surface area contributed by atoms with E-state index < -0.39 is 84.7 Å². The van der Waals surface area contributed by atoms with Crippen molar-refractivity contribution in [2.24, 2.45) is 0 Å². The third-order valence-corrected chi connectivity index (χ3v) is 16.2. The van der Waals surface area contributed by atoms with Crippen LogP contribution in [0.4, 0.5) is 4.79 Å². The van der Waals surface area contributed by atoms with Gasteiger partial charge in [-0.25, -0.2) is 8.98 Å². The Kier molecular flexibility index (Phi) is 16.1. The molecule has 0 aromatic heterocycles. The molecule has 2 N–H and O–H groups in total. The van der Waals surface area contributed by atoms with Crippen LogP contribution in [0.2, 0.25) is 23.2 Å². The van der Waals surface area contributed by atoms with Crippen molar-refractivity contribution in [2.75, 3.05) is 33.9 Å². The summed E-state index contributed by atoms with van der Waals surface area (Å²) in [6, 6.07) is 10.9. The maximum Gasteiger partial charge on any atom is 0.408 e. The zero-order valence-corrected chi connectivity index (χ0v) is 39.6. The van der Waals surface area contributed by atoms with Gasteiger partial charge in [-0.3, -0.25) is 4.79 Å². The average Bonchev–Trinajstić information content (AvgIpc) is 3.64. The van der Waals surface area contributed by atoms with Gasteiger partial charge in [-0.1, -0.05) is 74.3 Å². The molecule has 0 fully saturated rings. The Morgan fingerprint density at radius 2 is 1.78 bits per heavy atom. The fourth-order valence-electron chi connectivity index (χ4n) is 7.15. The lowest BCUT2D eigenvalue weighted by molar-refractivity contribution is -0.163. The number of carbonyl (C=O) groups excluding carboxylic acids is 2. The summed E-state index contributed by atoms with van der Waals surface area (Å²) < 4.78 is 80.1. The van der Waals surface area contributed by atoms with Crippen molar-refractivity contribution in [1.29, 1.82) is 0 Å². The second kappa shape index (κ2) is 20.5. The summed E-state index contributed by atoms with van der Waals surface area (Å²) in [6.45, 7) is 10.1. The van der Waals surface area contributed by atoms with E-state index in [2.05, 4.69) is 49.8 Å². The van der Waals surface area contributed by atoms with Gasteiger partial charge in [-0.2, -0.15) is 8.42 Å². The van der Waals surface area contributed by atoms with Crippen LogP contribution in [0, 0.1) is 23.7 Å². The summed E-state index contributed by atoms with van der Waals surface area (Å²) in [5, 5.41) is 15.6. The minimum atomic E-state index is -4.39. The molecule has 63 heavy (non-hydrogen) atoms. The Labute approximate surface area is 375 Å². The maximum absolute atomic E-state index is 13.9. The summed E-state index contributed by atoms with van der Waals surface area (Å²) in [5.74, 6) is 11.5. The van der Waals surface area contributed by atoms with Gasteiger partial charge < -0.3 is 48.0 Å². The molecule has 0 radical (unpaired) electrons. The molecule has 2 heterocycles. The van der Waals surface area contributed by atoms with Gasteiger partial charge in [-0.05, 0) is 86.4 Å². The fraction of sp³-hybridized carbons (Fsp3) is 0.511. The van der Waals surface area contributed by atoms with Gasteiger partial charge in [0.1, 0.15) is 24.1 Å². The van der Waals surface area contributed by atoms with Gasteiger partial charge in [0.2, 0.25) is 0 Å². The van der Waals surface area contributed by atoms with Crippen molar-refractivity contribution in [3.63, 3.8) is 0 Å². The molecule has 2 aromatic rings. The molecule has 0 spiro atoms. The Morgan fingerprint density at radius 3 is 2.40 bits per heavy atom. The lowest BCUT2D eigenvalue weighted by Crippen LogP contribution is -2.55. The van der Waals surface area contributed by atoms with Crippen molar-refractivity contribution in [3.8, 4) is 40.9 Å². The lowest BCUT2D eigenvalue weighted by Gasteiger charge is -2.42. The molecule has 0 unspecified atom stereocenters. The molecule has 2 aromatic carbocycles. The number of ether oxygens (including phenoxy) is 7. The minimum absolute atomic E-state index is 0.0251. The number of hydrogen-bond acceptors (Lipinski definition) is 14. The van der Waals surface area contributed by atoms with Crippen LogP contribution < -0.4 is 19.5 Å². The Hall–Kier alpha value is -4.56. The second-order valence-electron chi connectivity index (χ2n) is 16.2. The summed E-state index contributed by atoms with van der Waals surface area (Å²) in [6.07, 6.45) is -0.259. The molecule has 18 heteroatoms. The largest absolute Gasteiger partial charge is 0.497 e. The van der Waals surface area contributed by atoms with Gasteiger partial charge in [-0.15, -0.1) is 0 Å². The van der Waals surface area contributed by atoms with E-state index in [1.54, 1.807) is 63.3 Å². The monoisotopic (exact) mass is 929 g/mol. The highest BCUT2D eigenvalue weighted by atomic mass is 35.5. The smallest absolute Gasteiger partial charge is 0.408 e. The first-order valence-electron chi connectivity index (χ1n) is 20.5. The van der Waals surface area contributed by atoms with E-state index in [0.29, 0.717) is 40.6 Å². The molecule has 4 bridgehead atoms. The predicted molar refractivity (Wildman–Crippen MR) is 236 cm³/mol. The van der Waals surface area contributed by atoms with Gasteiger partial charge in [0.25, 0.3) is 10.1 Å². The number of carbonyl (C=O) groups is 2. The van der Waals surface area contributed by atoms with E-state index >= 15 is 0 Å². The number of aliphatic hydroxyl groups is 1. The predicted octanol–water partition coefficient (Wildman–Crippen LogP) is 6.53. The summed E-state index contributed by atoms with van der Waals surface area (Å²) in [5.41, 5.74) is -3.83. The van der Waals surface area contributed by atoms with E-state index in [1.165, 1.54) is 26.4 Å². The number of hydrogen-bond donors (Lipinski definition) is 2. The summed E-state index contributed by atoms with van der Waals surface area (Å²) >= 11 is 7.08. The van der Waals surface area contributed by atoms with Gasteiger partial charge in [0, 0.05) is 12.7 Å². The van der Waals surface area contributed by atoms with E-state index in [-0.39, 0.29) is 29.9 Å². The highest BCUT2D eigenvalue weighted by Gasteiger charge is 2.53. The zero-order chi connectivity index (χ0) is 46.2. The van der Waals surface area contributed by atoms with Crippen LogP contribution in [0.15, 0.2) is 60.2 Å². The number of amides is 1. The third-order valence-electron chi connectivity index (χ3n) is 10.7. The number of nitrogens with one attached hydrogen (secondary N) is 1. The van der Waals surface area contributed by atoms with E-state index in [0.717, 1.165) is 6.26 Å². The van der Waals surface area contributed by atoms with Crippen LogP contribution in [-0.4, -0.2) is 103 Å². The number of allylic oxidation sites excluding steroid dienone is 2. The van der Waals surface area contributed by atoms with Crippen molar-refractivity contribution in [3.05, 3.63) is 76.3 Å². The molecular weight excluding hydrogens is 874 g/mol. The van der Waals surface area contributed by atoms with Crippen molar-refractivity contribution >= 4 is 42.1 Å². The highest BCUT2D eigenvalue weighted by Crippen LogP contribution is 2.45. The molecular formula is C45H56ClNO14SSi. The van der Waals surface area contributed by atoms with Crippen LogP contribution in [-0.2, 0) is 49.1 Å². The van der Waals surface area contributed by atoms with E-state index in [1.807, 2.05) is 0 Å². The van der Waals surface area contributed by atoms with Crippen molar-refractivity contribution < 1.29 is 64.9 Å². The standard InChI is InChI=1S/C45H56ClNO14SSi/c1-10-63(11-2,12-3)61-45-22-13-14-32(45)21-23-44(50)37(60-62(9,51)52)19-20-38(45)58-41-34(46)24-31(25-36(41)57-29-53-7)35(47-42(49)59-43(4,5)6)26-40(48)56-28-39(44)55-27-30-15-17-33(54-8)18-16-30/h13-18,22,24-25,35,37-39,50H,10-12,26-29H2,1-9H3,(H,47,49)/t35-,37-,38+,39-,44-,45+/m0/s1.